The molecule has 0 aromatic heterocycles. The molecule has 0 unspecified atom stereocenters. The van der Waals surface area contributed by atoms with Crippen LogP contribution in [0.2, 0.25) is 0 Å². The fourth-order valence-corrected chi connectivity index (χ4v) is 2.41. The van der Waals surface area contributed by atoms with E-state index in [0.717, 1.165) is 32.1 Å². The lowest BCUT2D eigenvalue weighted by molar-refractivity contribution is -0.130. The topological polar surface area (TPSA) is 84.2 Å². The van der Waals surface area contributed by atoms with Crippen LogP contribution in [0.15, 0.2) is 0 Å². The summed E-state index contributed by atoms with van der Waals surface area (Å²) in [6, 6.07) is 0. The standard InChI is InChI=1S/C13H25N3O2/c1-2-8-15-11(17)5-9-16-12(18)13(10-14)6-3-4-7-13/h2-10,14H2,1H3,(H,15,17)(H,16,18). The molecule has 0 spiro atoms. The van der Waals surface area contributed by atoms with Crippen LogP contribution in [0, 0.1) is 5.41 Å². The van der Waals surface area contributed by atoms with Gasteiger partial charge in [-0.3, -0.25) is 9.59 Å². The maximum atomic E-state index is 12.1. The van der Waals surface area contributed by atoms with Crippen LogP contribution in [-0.2, 0) is 9.59 Å². The highest BCUT2D eigenvalue weighted by molar-refractivity contribution is 5.84. The van der Waals surface area contributed by atoms with Crippen molar-refractivity contribution in [1.82, 2.24) is 10.6 Å². The molecule has 0 aliphatic heterocycles. The van der Waals surface area contributed by atoms with Crippen molar-refractivity contribution < 1.29 is 9.59 Å². The first-order valence-corrected chi connectivity index (χ1v) is 6.89. The van der Waals surface area contributed by atoms with Gasteiger partial charge in [-0.15, -0.1) is 0 Å². The molecule has 0 saturated heterocycles. The van der Waals surface area contributed by atoms with E-state index in [-0.39, 0.29) is 17.2 Å². The van der Waals surface area contributed by atoms with Crippen LogP contribution in [0.3, 0.4) is 0 Å². The molecule has 0 atom stereocenters. The van der Waals surface area contributed by atoms with Crippen LogP contribution in [0.1, 0.15) is 45.4 Å². The Bertz CT molecular complexity index is 286. The molecule has 0 bridgehead atoms. The summed E-state index contributed by atoms with van der Waals surface area (Å²) in [6.45, 7) is 3.50. The fraction of sp³-hybridized carbons (Fsp3) is 0.846. The zero-order valence-corrected chi connectivity index (χ0v) is 11.3. The molecular formula is C13H25N3O2. The minimum atomic E-state index is -0.375. The number of carbonyl (C=O) groups is 2. The minimum Gasteiger partial charge on any atom is -0.356 e. The molecule has 0 heterocycles. The van der Waals surface area contributed by atoms with Gasteiger partial charge < -0.3 is 16.4 Å². The molecule has 5 nitrogen and oxygen atoms in total. The summed E-state index contributed by atoms with van der Waals surface area (Å²) in [5, 5.41) is 5.63. The third-order valence-electron chi connectivity index (χ3n) is 3.64. The van der Waals surface area contributed by atoms with E-state index in [0.29, 0.717) is 26.1 Å². The molecule has 0 aromatic rings. The highest BCUT2D eigenvalue weighted by Gasteiger charge is 2.39. The van der Waals surface area contributed by atoms with Crippen molar-refractivity contribution >= 4 is 11.8 Å². The van der Waals surface area contributed by atoms with E-state index in [1.807, 2.05) is 6.92 Å². The van der Waals surface area contributed by atoms with Gasteiger partial charge in [0.15, 0.2) is 0 Å². The summed E-state index contributed by atoms with van der Waals surface area (Å²) < 4.78 is 0. The number of carbonyl (C=O) groups excluding carboxylic acids is 2. The van der Waals surface area contributed by atoms with Crippen molar-refractivity contribution in [1.29, 1.82) is 0 Å². The zero-order valence-electron chi connectivity index (χ0n) is 11.3. The van der Waals surface area contributed by atoms with Crippen molar-refractivity contribution in [3.05, 3.63) is 0 Å². The number of nitrogens with two attached hydrogens (primary N) is 1. The number of nitrogens with one attached hydrogen (secondary N) is 2. The predicted molar refractivity (Wildman–Crippen MR) is 70.9 cm³/mol. The second kappa shape index (κ2) is 7.36. The molecule has 4 N–H and O–H groups in total. The van der Waals surface area contributed by atoms with Crippen LogP contribution < -0.4 is 16.4 Å². The zero-order chi connectivity index (χ0) is 13.4. The molecular weight excluding hydrogens is 230 g/mol. The molecule has 0 aromatic carbocycles. The molecule has 2 amide bonds. The molecule has 0 radical (unpaired) electrons. The van der Waals surface area contributed by atoms with Gasteiger partial charge in [0.1, 0.15) is 0 Å². The summed E-state index contributed by atoms with van der Waals surface area (Å²) in [4.78, 5) is 23.4. The van der Waals surface area contributed by atoms with E-state index in [2.05, 4.69) is 10.6 Å². The smallest absolute Gasteiger partial charge is 0.227 e. The van der Waals surface area contributed by atoms with Crippen LogP contribution in [0.4, 0.5) is 0 Å². The predicted octanol–water partition coefficient (Wildman–Crippen LogP) is 0.538. The second-order valence-corrected chi connectivity index (χ2v) is 5.05. The summed E-state index contributed by atoms with van der Waals surface area (Å²) in [7, 11) is 0. The van der Waals surface area contributed by atoms with Crippen molar-refractivity contribution in [2.24, 2.45) is 11.1 Å². The van der Waals surface area contributed by atoms with Crippen molar-refractivity contribution in [3.63, 3.8) is 0 Å². The Morgan fingerprint density at radius 3 is 2.39 bits per heavy atom. The number of rotatable bonds is 7. The maximum absolute atomic E-state index is 12.1. The summed E-state index contributed by atoms with van der Waals surface area (Å²) >= 11 is 0. The normalized spacial score (nSPS) is 17.4. The van der Waals surface area contributed by atoms with Crippen molar-refractivity contribution in [2.45, 2.75) is 45.4 Å². The average Bonchev–Trinajstić information content (AvgIpc) is 2.86. The molecule has 5 heteroatoms. The molecule has 1 saturated carbocycles. The summed E-state index contributed by atoms with van der Waals surface area (Å²) in [5.74, 6) is 0.0103. The molecule has 1 fully saturated rings. The number of hydrogen-bond acceptors (Lipinski definition) is 3. The molecule has 18 heavy (non-hydrogen) atoms. The Morgan fingerprint density at radius 1 is 1.17 bits per heavy atom. The Hall–Kier alpha value is -1.10. The Labute approximate surface area is 109 Å². The molecule has 104 valence electrons. The number of hydrogen-bond donors (Lipinski definition) is 3. The van der Waals surface area contributed by atoms with Crippen LogP contribution in [0.5, 0.6) is 0 Å². The van der Waals surface area contributed by atoms with Gasteiger partial charge >= 0.3 is 0 Å². The fourth-order valence-electron chi connectivity index (χ4n) is 2.41. The van der Waals surface area contributed by atoms with Crippen LogP contribution in [0.25, 0.3) is 0 Å². The quantitative estimate of drug-likeness (QED) is 0.620. The highest BCUT2D eigenvalue weighted by Crippen LogP contribution is 2.37. The third kappa shape index (κ3) is 3.98. The van der Waals surface area contributed by atoms with Crippen LogP contribution >= 0.6 is 0 Å². The van der Waals surface area contributed by atoms with E-state index in [1.165, 1.54) is 0 Å². The van der Waals surface area contributed by atoms with Gasteiger partial charge in [0.05, 0.1) is 5.41 Å². The summed E-state index contributed by atoms with van der Waals surface area (Å²) in [6.07, 6.45) is 5.15. The van der Waals surface area contributed by atoms with Gasteiger partial charge in [-0.2, -0.15) is 0 Å². The van der Waals surface area contributed by atoms with Gasteiger partial charge in [-0.05, 0) is 19.3 Å². The lowest BCUT2D eigenvalue weighted by Crippen LogP contribution is -2.45. The second-order valence-electron chi connectivity index (χ2n) is 5.05. The van der Waals surface area contributed by atoms with Gasteiger partial charge in [0.25, 0.3) is 0 Å². The van der Waals surface area contributed by atoms with E-state index >= 15 is 0 Å². The minimum absolute atomic E-state index is 0.00892. The molecule has 1 rings (SSSR count). The average molecular weight is 255 g/mol. The van der Waals surface area contributed by atoms with E-state index in [9.17, 15) is 9.59 Å². The number of amides is 2. The monoisotopic (exact) mass is 255 g/mol. The van der Waals surface area contributed by atoms with Gasteiger partial charge in [0, 0.05) is 26.1 Å². The first-order chi connectivity index (χ1) is 8.64. The molecule has 1 aliphatic carbocycles. The van der Waals surface area contributed by atoms with Gasteiger partial charge in [-0.1, -0.05) is 19.8 Å². The van der Waals surface area contributed by atoms with Crippen molar-refractivity contribution in [2.75, 3.05) is 19.6 Å². The van der Waals surface area contributed by atoms with E-state index in [4.69, 9.17) is 5.73 Å². The Morgan fingerprint density at radius 2 is 1.83 bits per heavy atom. The van der Waals surface area contributed by atoms with Crippen molar-refractivity contribution in [3.8, 4) is 0 Å². The lowest BCUT2D eigenvalue weighted by atomic mass is 9.85. The lowest BCUT2D eigenvalue weighted by Gasteiger charge is -2.25. The van der Waals surface area contributed by atoms with E-state index < -0.39 is 0 Å². The highest BCUT2D eigenvalue weighted by atomic mass is 16.2. The van der Waals surface area contributed by atoms with Crippen LogP contribution in [-0.4, -0.2) is 31.4 Å². The first-order valence-electron chi connectivity index (χ1n) is 6.89. The maximum Gasteiger partial charge on any atom is 0.227 e. The first kappa shape index (κ1) is 15.0. The Balaban J connectivity index is 2.26. The largest absolute Gasteiger partial charge is 0.356 e. The van der Waals surface area contributed by atoms with Gasteiger partial charge in [0.2, 0.25) is 11.8 Å². The van der Waals surface area contributed by atoms with Gasteiger partial charge in [-0.25, -0.2) is 0 Å². The molecule has 1 aliphatic rings. The Kier molecular flexibility index (Phi) is 6.12. The van der Waals surface area contributed by atoms with E-state index in [1.54, 1.807) is 0 Å². The SMILES string of the molecule is CCCNC(=O)CCNC(=O)C1(CN)CCCC1. The summed E-state index contributed by atoms with van der Waals surface area (Å²) in [5.41, 5.74) is 5.35. The third-order valence-corrected chi connectivity index (χ3v) is 3.64.